The van der Waals surface area contributed by atoms with Gasteiger partial charge in [-0.2, -0.15) is 14.4 Å². The van der Waals surface area contributed by atoms with Crippen LogP contribution in [0.1, 0.15) is 46.4 Å². The molecule has 0 spiro atoms. The summed E-state index contributed by atoms with van der Waals surface area (Å²) in [5.74, 6) is -2.13. The largest absolute Gasteiger partial charge is 0.461 e. The van der Waals surface area contributed by atoms with Gasteiger partial charge in [0.1, 0.15) is 18.6 Å². The molecule has 0 N–H and O–H groups in total. The van der Waals surface area contributed by atoms with E-state index in [1.807, 2.05) is 0 Å². The Hall–Kier alpha value is -4.60. The third-order valence-corrected chi connectivity index (χ3v) is 6.66. The number of hydrogen-bond acceptors (Lipinski definition) is 13. The van der Waals surface area contributed by atoms with Crippen LogP contribution in [-0.2, 0) is 16.0 Å². The number of anilines is 1. The standard InChI is InChI=1S/C23H21FN8O6S/c1-3-37-21(34)16-6-17(22(35)38-4-2)32(29-16)13-9-30(10-13)20-15(24)5-14-18(33)12(7-26-36)8-31(19(14)28-20)23-25-11-27-39-23/h5-6,8,11,13H,3-4,7,9-10H2,1-2H3. The van der Waals surface area contributed by atoms with Gasteiger partial charge in [-0.25, -0.2) is 23.9 Å². The van der Waals surface area contributed by atoms with Crippen molar-refractivity contribution in [1.82, 2.24) is 28.7 Å². The zero-order valence-corrected chi connectivity index (χ0v) is 21.6. The van der Waals surface area contributed by atoms with Crippen LogP contribution >= 0.6 is 11.5 Å². The summed E-state index contributed by atoms with van der Waals surface area (Å²) in [6, 6.07) is 1.96. The molecule has 4 aromatic heterocycles. The number of esters is 2. The Morgan fingerprint density at radius 1 is 1.18 bits per heavy atom. The van der Waals surface area contributed by atoms with E-state index in [0.717, 1.165) is 17.6 Å². The van der Waals surface area contributed by atoms with Gasteiger partial charge < -0.3 is 14.4 Å². The topological polar surface area (TPSA) is 164 Å². The van der Waals surface area contributed by atoms with Gasteiger partial charge >= 0.3 is 11.9 Å². The Labute approximate surface area is 223 Å². The molecule has 39 heavy (non-hydrogen) atoms. The minimum absolute atomic E-state index is 0.0341. The highest BCUT2D eigenvalue weighted by molar-refractivity contribution is 7.08. The number of ether oxygens (including phenoxy) is 2. The molecule has 1 fully saturated rings. The molecule has 1 saturated heterocycles. The van der Waals surface area contributed by atoms with Crippen molar-refractivity contribution in [1.29, 1.82) is 0 Å². The number of fused-ring (bicyclic) bond motifs is 1. The van der Waals surface area contributed by atoms with Crippen molar-refractivity contribution in [3.05, 3.63) is 62.6 Å². The molecular weight excluding hydrogens is 535 g/mol. The maximum absolute atomic E-state index is 15.3. The van der Waals surface area contributed by atoms with E-state index in [1.165, 1.54) is 27.8 Å². The van der Waals surface area contributed by atoms with Gasteiger partial charge in [-0.3, -0.25) is 14.0 Å². The fourth-order valence-electron chi connectivity index (χ4n) is 4.21. The molecule has 14 nitrogen and oxygen atoms in total. The molecule has 0 saturated carbocycles. The molecule has 0 aliphatic carbocycles. The summed E-state index contributed by atoms with van der Waals surface area (Å²) < 4.78 is 32.2. The number of aromatic nitrogens is 6. The van der Waals surface area contributed by atoms with E-state index >= 15 is 4.39 Å². The second-order valence-electron chi connectivity index (χ2n) is 8.39. The molecule has 1 aliphatic heterocycles. The predicted octanol–water partition coefficient (Wildman–Crippen LogP) is 2.25. The molecule has 0 radical (unpaired) electrons. The van der Waals surface area contributed by atoms with Gasteiger partial charge in [0.2, 0.25) is 5.13 Å². The summed E-state index contributed by atoms with van der Waals surface area (Å²) in [6.45, 7) is 3.57. The van der Waals surface area contributed by atoms with Crippen LogP contribution in [0.3, 0.4) is 0 Å². The van der Waals surface area contributed by atoms with Crippen LogP contribution in [-0.4, -0.2) is 66.9 Å². The van der Waals surface area contributed by atoms with Gasteiger partial charge in [-0.15, -0.1) is 0 Å². The van der Waals surface area contributed by atoms with Gasteiger partial charge in [0.25, 0.3) is 0 Å². The highest BCUT2D eigenvalue weighted by Gasteiger charge is 2.36. The zero-order chi connectivity index (χ0) is 27.7. The van der Waals surface area contributed by atoms with Gasteiger partial charge in [-0.1, -0.05) is 5.18 Å². The van der Waals surface area contributed by atoms with Crippen molar-refractivity contribution in [3.63, 3.8) is 0 Å². The van der Waals surface area contributed by atoms with Crippen LogP contribution < -0.4 is 10.3 Å². The Kier molecular flexibility index (Phi) is 7.10. The Morgan fingerprint density at radius 2 is 1.92 bits per heavy atom. The number of halogens is 1. The Bertz CT molecular complexity index is 1630. The van der Waals surface area contributed by atoms with Crippen molar-refractivity contribution in [2.45, 2.75) is 26.4 Å². The van der Waals surface area contributed by atoms with Crippen LogP contribution in [0.4, 0.5) is 10.2 Å². The van der Waals surface area contributed by atoms with Crippen molar-refractivity contribution in [2.75, 3.05) is 31.2 Å². The molecule has 5 rings (SSSR count). The van der Waals surface area contributed by atoms with E-state index < -0.39 is 35.8 Å². The summed E-state index contributed by atoms with van der Waals surface area (Å²) in [7, 11) is 0. The van der Waals surface area contributed by atoms with Gasteiger partial charge in [0.05, 0.1) is 24.6 Å². The van der Waals surface area contributed by atoms with E-state index in [9.17, 15) is 19.3 Å². The quantitative estimate of drug-likeness (QED) is 0.219. The minimum atomic E-state index is -0.753. The van der Waals surface area contributed by atoms with Crippen molar-refractivity contribution in [2.24, 2.45) is 5.18 Å². The first kappa shape index (κ1) is 26.0. The van der Waals surface area contributed by atoms with E-state index in [2.05, 4.69) is 24.6 Å². The fraction of sp³-hybridized carbons (Fsp3) is 0.348. The third kappa shape index (κ3) is 4.73. The number of hydrogen-bond donors (Lipinski definition) is 0. The molecule has 202 valence electrons. The van der Waals surface area contributed by atoms with Crippen LogP contribution in [0, 0.1) is 10.7 Å². The monoisotopic (exact) mass is 556 g/mol. The summed E-state index contributed by atoms with van der Waals surface area (Å²) in [5.41, 5.74) is -0.352. The fourth-order valence-corrected chi connectivity index (χ4v) is 4.72. The summed E-state index contributed by atoms with van der Waals surface area (Å²) in [4.78, 5) is 58.7. The van der Waals surface area contributed by atoms with Crippen LogP contribution in [0.2, 0.25) is 0 Å². The van der Waals surface area contributed by atoms with Crippen molar-refractivity contribution >= 4 is 40.3 Å². The molecular formula is C23H21FN8O6S. The first-order chi connectivity index (χ1) is 18.9. The average Bonchev–Trinajstić information content (AvgIpc) is 3.57. The third-order valence-electron chi connectivity index (χ3n) is 5.99. The molecule has 0 aromatic carbocycles. The Morgan fingerprint density at radius 3 is 2.59 bits per heavy atom. The smallest absolute Gasteiger partial charge is 0.358 e. The molecule has 1 aliphatic rings. The molecule has 0 bridgehead atoms. The zero-order valence-electron chi connectivity index (χ0n) is 20.7. The number of nitroso groups, excluding NO2 is 1. The summed E-state index contributed by atoms with van der Waals surface area (Å²) in [6.07, 6.45) is 2.72. The number of carbonyl (C=O) groups is 2. The highest BCUT2D eigenvalue weighted by atomic mass is 32.1. The normalized spacial score (nSPS) is 13.4. The van der Waals surface area contributed by atoms with E-state index in [1.54, 1.807) is 18.7 Å². The van der Waals surface area contributed by atoms with Crippen molar-refractivity contribution in [3.8, 4) is 5.13 Å². The van der Waals surface area contributed by atoms with E-state index in [4.69, 9.17) is 9.47 Å². The van der Waals surface area contributed by atoms with Gasteiger partial charge in [-0.05, 0) is 19.9 Å². The number of carbonyl (C=O) groups excluding carboxylic acids is 2. The minimum Gasteiger partial charge on any atom is -0.461 e. The average molecular weight is 557 g/mol. The lowest BCUT2D eigenvalue weighted by Crippen LogP contribution is -2.49. The molecule has 4 aromatic rings. The first-order valence-corrected chi connectivity index (χ1v) is 12.6. The number of pyridine rings is 2. The van der Waals surface area contributed by atoms with Crippen molar-refractivity contribution < 1.29 is 23.5 Å². The second kappa shape index (κ2) is 10.6. The second-order valence-corrected chi connectivity index (χ2v) is 9.15. The highest BCUT2D eigenvalue weighted by Crippen LogP contribution is 2.31. The van der Waals surface area contributed by atoms with Gasteiger partial charge in [0, 0.05) is 42.4 Å². The SMILES string of the molecule is CCOC(=O)c1cc(C(=O)OCC)n(C2CN(c3nc4c(cc3F)c(=O)c(CN=O)cn4-c3ncns3)C2)n1. The Balaban J connectivity index is 1.50. The maximum Gasteiger partial charge on any atom is 0.358 e. The van der Waals surface area contributed by atoms with Crippen LogP contribution in [0.25, 0.3) is 16.2 Å². The molecule has 0 amide bonds. The van der Waals surface area contributed by atoms with Crippen LogP contribution in [0.5, 0.6) is 0 Å². The molecule has 5 heterocycles. The lowest BCUT2D eigenvalue weighted by atomic mass is 10.1. The predicted molar refractivity (Wildman–Crippen MR) is 136 cm³/mol. The molecule has 0 atom stereocenters. The lowest BCUT2D eigenvalue weighted by Gasteiger charge is -2.40. The van der Waals surface area contributed by atoms with Crippen LogP contribution in [0.15, 0.2) is 34.6 Å². The van der Waals surface area contributed by atoms with Gasteiger partial charge in [0.15, 0.2) is 28.4 Å². The molecule has 0 unspecified atom stereocenters. The lowest BCUT2D eigenvalue weighted by molar-refractivity contribution is 0.0501. The summed E-state index contributed by atoms with van der Waals surface area (Å²) in [5, 5.41) is 7.36. The number of rotatable bonds is 9. The molecule has 16 heteroatoms. The summed E-state index contributed by atoms with van der Waals surface area (Å²) >= 11 is 1.03. The first-order valence-electron chi connectivity index (χ1n) is 11.9. The van der Waals surface area contributed by atoms with E-state index in [-0.39, 0.29) is 60.1 Å². The number of nitrogens with zero attached hydrogens (tertiary/aromatic N) is 8. The maximum atomic E-state index is 15.3. The van der Waals surface area contributed by atoms with E-state index in [0.29, 0.717) is 5.13 Å².